The Bertz CT molecular complexity index is 880. The SMILES string of the molecule is Cc1ccccc1C1(CNCc2ccc3ccccc3c2)CCOCC1. The minimum Gasteiger partial charge on any atom is -0.381 e. The summed E-state index contributed by atoms with van der Waals surface area (Å²) in [6.07, 6.45) is 2.17. The zero-order valence-corrected chi connectivity index (χ0v) is 15.5. The molecule has 4 rings (SSSR count). The second-order valence-corrected chi connectivity index (χ2v) is 7.49. The van der Waals surface area contributed by atoms with Crippen LogP contribution >= 0.6 is 0 Å². The molecule has 0 saturated carbocycles. The number of rotatable bonds is 5. The number of aryl methyl sites for hydroxylation is 1. The monoisotopic (exact) mass is 345 g/mol. The molecule has 0 aliphatic carbocycles. The number of hydrogen-bond donors (Lipinski definition) is 1. The van der Waals surface area contributed by atoms with Crippen molar-refractivity contribution >= 4 is 10.8 Å². The Morgan fingerprint density at radius 1 is 0.885 bits per heavy atom. The van der Waals surface area contributed by atoms with Gasteiger partial charge in [0.15, 0.2) is 0 Å². The van der Waals surface area contributed by atoms with E-state index in [1.54, 1.807) is 0 Å². The molecule has 3 aromatic carbocycles. The lowest BCUT2D eigenvalue weighted by Gasteiger charge is -2.39. The maximum Gasteiger partial charge on any atom is 0.0475 e. The Kier molecular flexibility index (Phi) is 5.05. The van der Waals surface area contributed by atoms with Gasteiger partial charge in [-0.05, 0) is 53.3 Å². The molecule has 2 heteroatoms. The highest BCUT2D eigenvalue weighted by atomic mass is 16.5. The van der Waals surface area contributed by atoms with Gasteiger partial charge in [0.05, 0.1) is 0 Å². The van der Waals surface area contributed by atoms with Crippen LogP contribution in [-0.4, -0.2) is 19.8 Å². The average molecular weight is 345 g/mol. The summed E-state index contributed by atoms with van der Waals surface area (Å²) in [6.45, 7) is 5.83. The summed E-state index contributed by atoms with van der Waals surface area (Å²) in [5.74, 6) is 0. The number of fused-ring (bicyclic) bond motifs is 1. The van der Waals surface area contributed by atoms with Crippen molar-refractivity contribution in [3.63, 3.8) is 0 Å². The van der Waals surface area contributed by atoms with E-state index in [0.717, 1.165) is 39.1 Å². The van der Waals surface area contributed by atoms with Gasteiger partial charge in [0, 0.05) is 31.7 Å². The van der Waals surface area contributed by atoms with Crippen LogP contribution in [0.4, 0.5) is 0 Å². The average Bonchev–Trinajstić information content (AvgIpc) is 2.69. The van der Waals surface area contributed by atoms with Crippen molar-refractivity contribution in [2.24, 2.45) is 0 Å². The standard InChI is InChI=1S/C24H27NO/c1-19-6-2-5-9-23(19)24(12-14-26-15-13-24)18-25-17-20-10-11-21-7-3-4-8-22(21)16-20/h2-11,16,25H,12-15,17-18H2,1H3. The molecule has 1 saturated heterocycles. The third-order valence-corrected chi connectivity index (χ3v) is 5.77. The molecule has 0 atom stereocenters. The van der Waals surface area contributed by atoms with Crippen molar-refractivity contribution in [1.29, 1.82) is 0 Å². The lowest BCUT2D eigenvalue weighted by molar-refractivity contribution is 0.0496. The second kappa shape index (κ2) is 7.61. The molecule has 0 spiro atoms. The molecule has 26 heavy (non-hydrogen) atoms. The lowest BCUT2D eigenvalue weighted by Crippen LogP contribution is -2.43. The molecule has 0 amide bonds. The Hall–Kier alpha value is -2.16. The number of ether oxygens (including phenoxy) is 1. The molecule has 1 aliphatic heterocycles. The summed E-state index contributed by atoms with van der Waals surface area (Å²) in [4.78, 5) is 0. The van der Waals surface area contributed by atoms with E-state index in [9.17, 15) is 0 Å². The third kappa shape index (κ3) is 3.53. The van der Waals surface area contributed by atoms with E-state index in [-0.39, 0.29) is 5.41 Å². The molecule has 3 aromatic rings. The molecule has 0 aromatic heterocycles. The molecule has 0 bridgehead atoms. The zero-order valence-electron chi connectivity index (χ0n) is 15.5. The first kappa shape index (κ1) is 17.3. The van der Waals surface area contributed by atoms with E-state index < -0.39 is 0 Å². The Morgan fingerprint density at radius 2 is 1.62 bits per heavy atom. The van der Waals surface area contributed by atoms with Gasteiger partial charge in [-0.2, -0.15) is 0 Å². The maximum absolute atomic E-state index is 5.67. The van der Waals surface area contributed by atoms with Crippen molar-refractivity contribution in [3.05, 3.63) is 83.4 Å². The topological polar surface area (TPSA) is 21.3 Å². The summed E-state index contributed by atoms with van der Waals surface area (Å²) in [5, 5.41) is 6.36. The molecule has 1 fully saturated rings. The highest BCUT2D eigenvalue weighted by Gasteiger charge is 2.35. The Labute approximate surface area is 156 Å². The minimum absolute atomic E-state index is 0.181. The van der Waals surface area contributed by atoms with Crippen LogP contribution in [0.5, 0.6) is 0 Å². The number of benzene rings is 3. The highest BCUT2D eigenvalue weighted by molar-refractivity contribution is 5.82. The van der Waals surface area contributed by atoms with Gasteiger partial charge < -0.3 is 10.1 Å². The fourth-order valence-electron chi connectivity index (χ4n) is 4.27. The van der Waals surface area contributed by atoms with Crippen LogP contribution in [0.2, 0.25) is 0 Å². The van der Waals surface area contributed by atoms with Gasteiger partial charge in [-0.25, -0.2) is 0 Å². The van der Waals surface area contributed by atoms with Crippen molar-refractivity contribution in [1.82, 2.24) is 5.32 Å². The molecular formula is C24H27NO. The van der Waals surface area contributed by atoms with Gasteiger partial charge in [-0.1, -0.05) is 60.7 Å². The smallest absolute Gasteiger partial charge is 0.0475 e. The largest absolute Gasteiger partial charge is 0.381 e. The van der Waals surface area contributed by atoms with E-state index in [0.29, 0.717) is 0 Å². The number of hydrogen-bond acceptors (Lipinski definition) is 2. The van der Waals surface area contributed by atoms with Crippen LogP contribution in [0, 0.1) is 6.92 Å². The van der Waals surface area contributed by atoms with Crippen molar-refractivity contribution in [3.8, 4) is 0 Å². The Balaban J connectivity index is 1.50. The molecule has 1 N–H and O–H groups in total. The van der Waals surface area contributed by atoms with E-state index in [1.807, 2.05) is 0 Å². The second-order valence-electron chi connectivity index (χ2n) is 7.49. The normalized spacial score (nSPS) is 16.7. The third-order valence-electron chi connectivity index (χ3n) is 5.77. The minimum atomic E-state index is 0.181. The molecular weight excluding hydrogens is 318 g/mol. The van der Waals surface area contributed by atoms with E-state index in [4.69, 9.17) is 4.74 Å². The van der Waals surface area contributed by atoms with Crippen LogP contribution in [0.25, 0.3) is 10.8 Å². The maximum atomic E-state index is 5.67. The fraction of sp³-hybridized carbons (Fsp3) is 0.333. The predicted octanol–water partition coefficient (Wildman–Crippen LogP) is 4.99. The first-order valence-corrected chi connectivity index (χ1v) is 9.59. The van der Waals surface area contributed by atoms with Gasteiger partial charge >= 0.3 is 0 Å². The molecule has 1 heterocycles. The van der Waals surface area contributed by atoms with Crippen LogP contribution in [0.1, 0.15) is 29.5 Å². The first-order chi connectivity index (χ1) is 12.8. The predicted molar refractivity (Wildman–Crippen MR) is 109 cm³/mol. The van der Waals surface area contributed by atoms with Crippen LogP contribution in [-0.2, 0) is 16.7 Å². The quantitative estimate of drug-likeness (QED) is 0.704. The van der Waals surface area contributed by atoms with Crippen molar-refractivity contribution in [2.75, 3.05) is 19.8 Å². The molecule has 2 nitrogen and oxygen atoms in total. The van der Waals surface area contributed by atoms with E-state index in [1.165, 1.54) is 27.5 Å². The van der Waals surface area contributed by atoms with Crippen LogP contribution < -0.4 is 5.32 Å². The summed E-state index contributed by atoms with van der Waals surface area (Å²) in [7, 11) is 0. The summed E-state index contributed by atoms with van der Waals surface area (Å²) in [5.41, 5.74) is 4.40. The van der Waals surface area contributed by atoms with E-state index >= 15 is 0 Å². The van der Waals surface area contributed by atoms with Gasteiger partial charge in [0.2, 0.25) is 0 Å². The first-order valence-electron chi connectivity index (χ1n) is 9.59. The summed E-state index contributed by atoms with van der Waals surface area (Å²) >= 11 is 0. The van der Waals surface area contributed by atoms with Gasteiger partial charge in [-0.15, -0.1) is 0 Å². The summed E-state index contributed by atoms with van der Waals surface area (Å²) < 4.78 is 5.67. The molecule has 0 radical (unpaired) electrons. The Morgan fingerprint density at radius 3 is 2.42 bits per heavy atom. The van der Waals surface area contributed by atoms with Crippen LogP contribution in [0.15, 0.2) is 66.7 Å². The van der Waals surface area contributed by atoms with Gasteiger partial charge in [0.1, 0.15) is 0 Å². The van der Waals surface area contributed by atoms with Gasteiger partial charge in [-0.3, -0.25) is 0 Å². The lowest BCUT2D eigenvalue weighted by atomic mass is 9.72. The van der Waals surface area contributed by atoms with Crippen molar-refractivity contribution in [2.45, 2.75) is 31.7 Å². The summed E-state index contributed by atoms with van der Waals surface area (Å²) in [6, 6.07) is 24.1. The number of nitrogens with one attached hydrogen (secondary N) is 1. The van der Waals surface area contributed by atoms with E-state index in [2.05, 4.69) is 79.0 Å². The molecule has 1 aliphatic rings. The van der Waals surface area contributed by atoms with Gasteiger partial charge in [0.25, 0.3) is 0 Å². The molecule has 0 unspecified atom stereocenters. The van der Waals surface area contributed by atoms with Crippen LogP contribution in [0.3, 0.4) is 0 Å². The highest BCUT2D eigenvalue weighted by Crippen LogP contribution is 2.36. The van der Waals surface area contributed by atoms with Crippen molar-refractivity contribution < 1.29 is 4.74 Å². The molecule has 134 valence electrons. The fourth-order valence-corrected chi connectivity index (χ4v) is 4.27. The zero-order chi connectivity index (χ0) is 17.8.